The van der Waals surface area contributed by atoms with Crippen molar-refractivity contribution in [1.29, 1.82) is 0 Å². The highest BCUT2D eigenvalue weighted by atomic mass is 35.5. The summed E-state index contributed by atoms with van der Waals surface area (Å²) in [6.45, 7) is 5.27. The van der Waals surface area contributed by atoms with E-state index in [2.05, 4.69) is 18.9 Å². The fraction of sp³-hybridized carbons (Fsp3) is 0.667. The summed E-state index contributed by atoms with van der Waals surface area (Å²) < 4.78 is 1.83. The minimum absolute atomic E-state index is 0.424. The molecule has 0 aliphatic carbocycles. The third-order valence-corrected chi connectivity index (χ3v) is 2.63. The van der Waals surface area contributed by atoms with Crippen LogP contribution in [-0.2, 0) is 6.54 Å². The molecular formula is C9H16ClN3. The predicted octanol–water partition coefficient (Wildman–Crippen LogP) is 2.55. The van der Waals surface area contributed by atoms with Crippen molar-refractivity contribution in [2.75, 3.05) is 5.73 Å². The maximum atomic E-state index is 5.79. The van der Waals surface area contributed by atoms with Crippen LogP contribution in [-0.4, -0.2) is 9.78 Å². The van der Waals surface area contributed by atoms with Crippen molar-refractivity contribution >= 4 is 17.4 Å². The van der Waals surface area contributed by atoms with E-state index < -0.39 is 0 Å². The Bertz CT molecular complexity index is 246. The van der Waals surface area contributed by atoms with Gasteiger partial charge in [0.05, 0.1) is 0 Å². The number of hydrogen-bond donors (Lipinski definition) is 1. The Hall–Kier alpha value is -0.700. The average Bonchev–Trinajstić information content (AvgIpc) is 2.42. The molecule has 3 nitrogen and oxygen atoms in total. The van der Waals surface area contributed by atoms with Crippen LogP contribution in [0.1, 0.15) is 26.7 Å². The second-order valence-electron chi connectivity index (χ2n) is 3.27. The Morgan fingerprint density at radius 2 is 2.15 bits per heavy atom. The first kappa shape index (κ1) is 10.4. The summed E-state index contributed by atoms with van der Waals surface area (Å²) in [6, 6.07) is 0. The Balaban J connectivity index is 2.62. The fourth-order valence-electron chi connectivity index (χ4n) is 1.32. The van der Waals surface area contributed by atoms with Crippen LogP contribution in [0.2, 0.25) is 5.02 Å². The Labute approximate surface area is 83.9 Å². The Kier molecular flexibility index (Phi) is 3.60. The third kappa shape index (κ3) is 2.62. The molecule has 0 fully saturated rings. The summed E-state index contributed by atoms with van der Waals surface area (Å²) in [7, 11) is 0. The smallest absolute Gasteiger partial charge is 0.164 e. The van der Waals surface area contributed by atoms with Crippen LogP contribution in [0.4, 0.5) is 5.82 Å². The summed E-state index contributed by atoms with van der Waals surface area (Å²) in [5.41, 5.74) is 5.54. The predicted molar refractivity (Wildman–Crippen MR) is 55.7 cm³/mol. The van der Waals surface area contributed by atoms with Crippen LogP contribution in [0, 0.1) is 5.92 Å². The lowest BCUT2D eigenvalue weighted by molar-refractivity contribution is 0.396. The largest absolute Gasteiger partial charge is 0.381 e. The molecule has 74 valence electrons. The fourth-order valence-corrected chi connectivity index (χ4v) is 1.47. The first-order valence-corrected chi connectivity index (χ1v) is 5.03. The van der Waals surface area contributed by atoms with Gasteiger partial charge in [-0.2, -0.15) is 5.10 Å². The second kappa shape index (κ2) is 4.51. The molecule has 2 N–H and O–H groups in total. The molecule has 1 heterocycles. The second-order valence-corrected chi connectivity index (χ2v) is 3.67. The van der Waals surface area contributed by atoms with E-state index >= 15 is 0 Å². The van der Waals surface area contributed by atoms with Crippen LogP contribution in [0.25, 0.3) is 0 Å². The lowest BCUT2D eigenvalue weighted by Gasteiger charge is -2.11. The molecule has 13 heavy (non-hydrogen) atoms. The van der Waals surface area contributed by atoms with Crippen molar-refractivity contribution in [2.45, 2.75) is 33.2 Å². The molecule has 0 saturated carbocycles. The normalized spacial score (nSPS) is 11.1. The maximum absolute atomic E-state index is 5.79. The molecule has 0 saturated heterocycles. The van der Waals surface area contributed by atoms with Crippen molar-refractivity contribution in [3.8, 4) is 0 Å². The molecule has 0 radical (unpaired) electrons. The standard InChI is InChI=1S/C9H16ClN3/c1-3-7(4-2)5-13-6-8(10)9(11)12-13/h6-7H,3-5H2,1-2H3,(H2,11,12). The molecule has 0 aromatic carbocycles. The molecule has 0 atom stereocenters. The number of nitrogen functional groups attached to an aromatic ring is 1. The van der Waals surface area contributed by atoms with E-state index in [4.69, 9.17) is 17.3 Å². The Morgan fingerprint density at radius 1 is 1.54 bits per heavy atom. The topological polar surface area (TPSA) is 43.8 Å². The zero-order valence-corrected chi connectivity index (χ0v) is 8.88. The summed E-state index contributed by atoms with van der Waals surface area (Å²) in [5, 5.41) is 4.66. The van der Waals surface area contributed by atoms with Gasteiger partial charge in [-0.1, -0.05) is 38.3 Å². The van der Waals surface area contributed by atoms with Gasteiger partial charge >= 0.3 is 0 Å². The minimum Gasteiger partial charge on any atom is -0.381 e. The van der Waals surface area contributed by atoms with Crippen LogP contribution in [0.15, 0.2) is 6.20 Å². The summed E-state index contributed by atoms with van der Waals surface area (Å²) in [4.78, 5) is 0. The van der Waals surface area contributed by atoms with E-state index in [-0.39, 0.29) is 0 Å². The van der Waals surface area contributed by atoms with Gasteiger partial charge in [0, 0.05) is 12.7 Å². The van der Waals surface area contributed by atoms with Crippen molar-refractivity contribution in [2.24, 2.45) is 5.92 Å². The zero-order valence-electron chi connectivity index (χ0n) is 8.13. The van der Waals surface area contributed by atoms with Crippen molar-refractivity contribution in [3.05, 3.63) is 11.2 Å². The highest BCUT2D eigenvalue weighted by Crippen LogP contribution is 2.17. The highest BCUT2D eigenvalue weighted by Gasteiger charge is 2.07. The summed E-state index contributed by atoms with van der Waals surface area (Å²) >= 11 is 5.79. The van der Waals surface area contributed by atoms with Gasteiger partial charge < -0.3 is 5.73 Å². The molecule has 0 amide bonds. The van der Waals surface area contributed by atoms with E-state index in [9.17, 15) is 0 Å². The zero-order chi connectivity index (χ0) is 9.84. The first-order chi connectivity index (χ1) is 6.17. The highest BCUT2D eigenvalue weighted by molar-refractivity contribution is 6.32. The SMILES string of the molecule is CCC(CC)Cn1cc(Cl)c(N)n1. The van der Waals surface area contributed by atoms with Crippen molar-refractivity contribution in [3.63, 3.8) is 0 Å². The first-order valence-electron chi connectivity index (χ1n) is 4.65. The molecule has 0 aliphatic heterocycles. The van der Waals surface area contributed by atoms with Crippen LogP contribution in [0.5, 0.6) is 0 Å². The summed E-state index contributed by atoms with van der Waals surface area (Å²) in [5.74, 6) is 1.09. The molecule has 0 bridgehead atoms. The minimum atomic E-state index is 0.424. The molecule has 0 aliphatic rings. The van der Waals surface area contributed by atoms with Gasteiger partial charge in [0.2, 0.25) is 0 Å². The van der Waals surface area contributed by atoms with Crippen molar-refractivity contribution in [1.82, 2.24) is 9.78 Å². The lowest BCUT2D eigenvalue weighted by atomic mass is 10.0. The molecular weight excluding hydrogens is 186 g/mol. The van der Waals surface area contributed by atoms with Crippen molar-refractivity contribution < 1.29 is 0 Å². The molecule has 0 unspecified atom stereocenters. The number of nitrogens with zero attached hydrogens (tertiary/aromatic N) is 2. The van der Waals surface area contributed by atoms with E-state index in [1.165, 1.54) is 0 Å². The molecule has 1 rings (SSSR count). The summed E-state index contributed by atoms with van der Waals surface area (Å²) in [6.07, 6.45) is 4.11. The van der Waals surface area contributed by atoms with E-state index in [0.29, 0.717) is 16.8 Å². The van der Waals surface area contributed by atoms with Crippen LogP contribution >= 0.6 is 11.6 Å². The van der Waals surface area contributed by atoms with E-state index in [1.54, 1.807) is 6.20 Å². The third-order valence-electron chi connectivity index (χ3n) is 2.34. The van der Waals surface area contributed by atoms with Gasteiger partial charge in [-0.15, -0.1) is 0 Å². The van der Waals surface area contributed by atoms with E-state index in [0.717, 1.165) is 19.4 Å². The quantitative estimate of drug-likeness (QED) is 0.814. The number of rotatable bonds is 4. The molecule has 4 heteroatoms. The van der Waals surface area contributed by atoms with Gasteiger partial charge in [-0.05, 0) is 5.92 Å². The Morgan fingerprint density at radius 3 is 2.54 bits per heavy atom. The van der Waals surface area contributed by atoms with Gasteiger partial charge in [0.25, 0.3) is 0 Å². The number of halogens is 1. The molecule has 1 aromatic heterocycles. The number of anilines is 1. The molecule has 0 spiro atoms. The van der Waals surface area contributed by atoms with E-state index in [1.807, 2.05) is 4.68 Å². The van der Waals surface area contributed by atoms with Gasteiger partial charge in [-0.3, -0.25) is 4.68 Å². The van der Waals surface area contributed by atoms with Crippen LogP contribution in [0.3, 0.4) is 0 Å². The van der Waals surface area contributed by atoms with Crippen LogP contribution < -0.4 is 5.73 Å². The van der Waals surface area contributed by atoms with Gasteiger partial charge in [-0.25, -0.2) is 0 Å². The lowest BCUT2D eigenvalue weighted by Crippen LogP contribution is -2.09. The number of hydrogen-bond acceptors (Lipinski definition) is 2. The number of nitrogens with two attached hydrogens (primary N) is 1. The van der Waals surface area contributed by atoms with Gasteiger partial charge in [0.1, 0.15) is 5.02 Å². The number of aromatic nitrogens is 2. The monoisotopic (exact) mass is 201 g/mol. The molecule has 1 aromatic rings. The maximum Gasteiger partial charge on any atom is 0.164 e. The van der Waals surface area contributed by atoms with Gasteiger partial charge in [0.15, 0.2) is 5.82 Å². The average molecular weight is 202 g/mol.